The molecule has 0 spiro atoms. The summed E-state index contributed by atoms with van der Waals surface area (Å²) in [4.78, 5) is 35.5. The van der Waals surface area contributed by atoms with Crippen LogP contribution in [0.5, 0.6) is 0 Å². The molecule has 6 aromatic rings. The molecule has 0 fully saturated rings. The van der Waals surface area contributed by atoms with E-state index in [2.05, 4.69) is 19.9 Å². The molecule has 0 aliphatic carbocycles. The predicted octanol–water partition coefficient (Wildman–Crippen LogP) is 6.19. The normalized spacial score (nSPS) is 10.3. The van der Waals surface area contributed by atoms with Gasteiger partial charge < -0.3 is 19.0 Å². The van der Waals surface area contributed by atoms with Crippen molar-refractivity contribution in [3.05, 3.63) is 109 Å². The van der Waals surface area contributed by atoms with Crippen LogP contribution in [0.25, 0.3) is 22.2 Å². The van der Waals surface area contributed by atoms with Crippen molar-refractivity contribution in [2.75, 3.05) is 0 Å². The summed E-state index contributed by atoms with van der Waals surface area (Å²) in [5, 5.41) is 16.2. The first-order valence-electron chi connectivity index (χ1n) is 11.7. The SMILES string of the molecule is O=C(O)C(=O)O.c1ccc(CSc2nc3ccccc3o2)nc1.c1ccc(CSc2nc3ccccc3o2)nc1. The highest BCUT2D eigenvalue weighted by Crippen LogP contribution is 2.26. The van der Waals surface area contributed by atoms with E-state index in [1.807, 2.05) is 84.9 Å². The molecule has 2 aromatic carbocycles. The van der Waals surface area contributed by atoms with Gasteiger partial charge in [0.2, 0.25) is 0 Å². The quantitative estimate of drug-likeness (QED) is 0.172. The molecular weight excluding hydrogens is 552 g/mol. The van der Waals surface area contributed by atoms with E-state index in [1.54, 1.807) is 35.9 Å². The Morgan fingerprint density at radius 1 is 0.600 bits per heavy atom. The number of oxazole rings is 2. The number of fused-ring (bicyclic) bond motifs is 2. The standard InChI is InChI=1S/2C13H10N2OS.C2H2O4/c2*1-2-7-12-11(6-1)15-13(16-12)17-9-10-5-3-4-8-14-10;3-1(4)2(5)6/h2*1-8H,9H2;(H,3,4)(H,5,6). The van der Waals surface area contributed by atoms with Crippen molar-refractivity contribution in [2.45, 2.75) is 22.0 Å². The molecule has 4 aromatic heterocycles. The largest absolute Gasteiger partial charge is 0.473 e. The molecule has 0 aliphatic rings. The zero-order chi connectivity index (χ0) is 28.2. The van der Waals surface area contributed by atoms with Gasteiger partial charge in [-0.15, -0.1) is 0 Å². The Labute approximate surface area is 236 Å². The van der Waals surface area contributed by atoms with Gasteiger partial charge >= 0.3 is 11.9 Å². The van der Waals surface area contributed by atoms with E-state index in [-0.39, 0.29) is 0 Å². The minimum Gasteiger partial charge on any atom is -0.473 e. The third-order valence-electron chi connectivity index (χ3n) is 4.87. The summed E-state index contributed by atoms with van der Waals surface area (Å²) in [6.07, 6.45) is 3.59. The summed E-state index contributed by atoms with van der Waals surface area (Å²) in [5.74, 6) is -2.11. The fourth-order valence-corrected chi connectivity index (χ4v) is 4.57. The van der Waals surface area contributed by atoms with E-state index in [4.69, 9.17) is 28.6 Å². The lowest BCUT2D eigenvalue weighted by molar-refractivity contribution is -0.159. The number of carboxylic acid groups (broad SMARTS) is 2. The van der Waals surface area contributed by atoms with Crippen LogP contribution >= 0.6 is 23.5 Å². The van der Waals surface area contributed by atoms with Gasteiger partial charge in [0.15, 0.2) is 11.2 Å². The van der Waals surface area contributed by atoms with Gasteiger partial charge in [-0.3, -0.25) is 9.97 Å². The predicted molar refractivity (Wildman–Crippen MR) is 151 cm³/mol. The van der Waals surface area contributed by atoms with Gasteiger partial charge in [0.1, 0.15) is 11.0 Å². The van der Waals surface area contributed by atoms with E-state index in [1.165, 1.54) is 0 Å². The molecule has 2 N–H and O–H groups in total. The number of rotatable bonds is 6. The Hall–Kier alpha value is -4.68. The highest BCUT2D eigenvalue weighted by Gasteiger charge is 2.07. The summed E-state index contributed by atoms with van der Waals surface area (Å²) in [7, 11) is 0. The van der Waals surface area contributed by atoms with Crippen LogP contribution in [0.1, 0.15) is 11.4 Å². The summed E-state index contributed by atoms with van der Waals surface area (Å²) in [6, 6.07) is 27.3. The first-order chi connectivity index (χ1) is 19.5. The van der Waals surface area contributed by atoms with Crippen LogP contribution in [-0.2, 0) is 21.1 Å². The first kappa shape index (κ1) is 28.3. The zero-order valence-corrected chi connectivity index (χ0v) is 22.4. The molecule has 0 radical (unpaired) electrons. The number of nitrogens with zero attached hydrogens (tertiary/aromatic N) is 4. The van der Waals surface area contributed by atoms with E-state index in [0.717, 1.165) is 45.1 Å². The number of hydrogen-bond donors (Lipinski definition) is 2. The van der Waals surface area contributed by atoms with Crippen molar-refractivity contribution >= 4 is 57.7 Å². The molecule has 0 amide bonds. The van der Waals surface area contributed by atoms with Crippen LogP contribution in [0.2, 0.25) is 0 Å². The Kier molecular flexibility index (Phi) is 10.2. The molecule has 40 heavy (non-hydrogen) atoms. The Bertz CT molecular complexity index is 1480. The van der Waals surface area contributed by atoms with Gasteiger partial charge in [0.25, 0.3) is 10.4 Å². The maximum Gasteiger partial charge on any atom is 0.414 e. The van der Waals surface area contributed by atoms with E-state index < -0.39 is 11.9 Å². The van der Waals surface area contributed by atoms with Crippen LogP contribution in [-0.4, -0.2) is 42.1 Å². The van der Waals surface area contributed by atoms with Crippen molar-refractivity contribution in [2.24, 2.45) is 0 Å². The van der Waals surface area contributed by atoms with Gasteiger partial charge in [0, 0.05) is 23.9 Å². The molecule has 6 rings (SSSR count). The molecule has 0 saturated carbocycles. The number of para-hydroxylation sites is 4. The topological polar surface area (TPSA) is 152 Å². The molecule has 0 atom stereocenters. The molecule has 202 valence electrons. The summed E-state index contributed by atoms with van der Waals surface area (Å²) < 4.78 is 11.2. The smallest absolute Gasteiger partial charge is 0.414 e. The molecule has 0 bridgehead atoms. The highest BCUT2D eigenvalue weighted by molar-refractivity contribution is 7.98. The van der Waals surface area contributed by atoms with Gasteiger partial charge in [-0.2, -0.15) is 0 Å². The molecule has 10 nitrogen and oxygen atoms in total. The number of thioether (sulfide) groups is 2. The van der Waals surface area contributed by atoms with Crippen LogP contribution in [0.3, 0.4) is 0 Å². The molecule has 12 heteroatoms. The van der Waals surface area contributed by atoms with Crippen LogP contribution in [0, 0.1) is 0 Å². The summed E-state index contributed by atoms with van der Waals surface area (Å²) in [6.45, 7) is 0. The number of aromatic nitrogens is 4. The first-order valence-corrected chi connectivity index (χ1v) is 13.7. The average Bonchev–Trinajstić information content (AvgIpc) is 3.60. The van der Waals surface area contributed by atoms with E-state index >= 15 is 0 Å². The van der Waals surface area contributed by atoms with Crippen LogP contribution in [0.15, 0.2) is 117 Å². The summed E-state index contributed by atoms with van der Waals surface area (Å²) in [5.41, 5.74) is 5.51. The zero-order valence-electron chi connectivity index (χ0n) is 20.8. The van der Waals surface area contributed by atoms with Gasteiger partial charge in [-0.1, -0.05) is 59.9 Å². The molecule has 0 aliphatic heterocycles. The lowest BCUT2D eigenvalue weighted by Crippen LogP contribution is -2.09. The second-order valence-corrected chi connectivity index (χ2v) is 9.58. The van der Waals surface area contributed by atoms with Gasteiger partial charge in [-0.25, -0.2) is 19.6 Å². The Morgan fingerprint density at radius 2 is 1.00 bits per heavy atom. The number of carbonyl (C=O) groups is 2. The molecule has 0 saturated heterocycles. The van der Waals surface area contributed by atoms with Gasteiger partial charge in [0.05, 0.1) is 11.4 Å². The molecular formula is C28H22N4O6S2. The average molecular weight is 575 g/mol. The van der Waals surface area contributed by atoms with Crippen LogP contribution in [0.4, 0.5) is 0 Å². The van der Waals surface area contributed by atoms with Crippen molar-refractivity contribution in [3.63, 3.8) is 0 Å². The second-order valence-electron chi connectivity index (χ2n) is 7.72. The maximum atomic E-state index is 9.10. The molecule has 0 unspecified atom stereocenters. The molecule has 4 heterocycles. The number of hydrogen-bond acceptors (Lipinski definition) is 10. The lowest BCUT2D eigenvalue weighted by Gasteiger charge is -1.95. The highest BCUT2D eigenvalue weighted by atomic mass is 32.2. The fourth-order valence-electron chi connectivity index (χ4n) is 3.06. The Morgan fingerprint density at radius 3 is 1.35 bits per heavy atom. The van der Waals surface area contributed by atoms with Crippen LogP contribution < -0.4 is 0 Å². The number of carboxylic acids is 2. The minimum atomic E-state index is -1.82. The number of aliphatic carboxylic acids is 2. The van der Waals surface area contributed by atoms with Crippen molar-refractivity contribution in [1.82, 2.24) is 19.9 Å². The maximum absolute atomic E-state index is 9.10. The number of pyridine rings is 2. The third kappa shape index (κ3) is 8.68. The monoisotopic (exact) mass is 574 g/mol. The Balaban J connectivity index is 0.000000155. The number of benzene rings is 2. The van der Waals surface area contributed by atoms with Gasteiger partial charge in [-0.05, 0) is 48.5 Å². The minimum absolute atomic E-state index is 0.692. The van der Waals surface area contributed by atoms with Crippen molar-refractivity contribution in [1.29, 1.82) is 0 Å². The fraction of sp³-hybridized carbons (Fsp3) is 0.0714. The lowest BCUT2D eigenvalue weighted by atomic mass is 10.3. The third-order valence-corrected chi connectivity index (χ3v) is 6.59. The second kappa shape index (κ2) is 14.5. The van der Waals surface area contributed by atoms with E-state index in [9.17, 15) is 0 Å². The van der Waals surface area contributed by atoms with E-state index in [0.29, 0.717) is 10.4 Å². The van der Waals surface area contributed by atoms with Crippen molar-refractivity contribution in [3.8, 4) is 0 Å². The summed E-state index contributed by atoms with van der Waals surface area (Å²) >= 11 is 3.12. The van der Waals surface area contributed by atoms with Crippen molar-refractivity contribution < 1.29 is 28.6 Å².